The first-order valence-corrected chi connectivity index (χ1v) is 9.29. The van der Waals surface area contributed by atoms with Gasteiger partial charge in [0.1, 0.15) is 18.2 Å². The van der Waals surface area contributed by atoms with Crippen molar-refractivity contribution in [2.75, 3.05) is 6.61 Å². The van der Waals surface area contributed by atoms with E-state index in [1.807, 2.05) is 0 Å². The second kappa shape index (κ2) is 9.47. The number of carbonyl (C=O) groups is 1. The molecule has 0 aliphatic heterocycles. The number of aliphatic carboxylic acids is 1. The minimum Gasteiger partial charge on any atom is -0.490 e. The highest BCUT2D eigenvalue weighted by molar-refractivity contribution is 5.72. The summed E-state index contributed by atoms with van der Waals surface area (Å²) < 4.78 is 57.3. The van der Waals surface area contributed by atoms with Crippen LogP contribution < -0.4 is 4.74 Å². The quantitative estimate of drug-likeness (QED) is 0.452. The van der Waals surface area contributed by atoms with Crippen LogP contribution in [0.15, 0.2) is 72.8 Å². The topological polar surface area (TPSA) is 46.5 Å². The zero-order valence-corrected chi connectivity index (χ0v) is 16.2. The highest BCUT2D eigenvalue weighted by Crippen LogP contribution is 2.29. The van der Waals surface area contributed by atoms with Crippen molar-refractivity contribution in [3.05, 3.63) is 95.3 Å². The van der Waals surface area contributed by atoms with Crippen molar-refractivity contribution in [3.8, 4) is 16.9 Å². The fraction of sp³-hybridized carbons (Fsp3) is 0.125. The van der Waals surface area contributed by atoms with E-state index in [1.165, 1.54) is 24.3 Å². The van der Waals surface area contributed by atoms with Gasteiger partial charge in [-0.2, -0.15) is 13.2 Å². The standard InChI is InChI=1S/C24H18F4O3/c25-21-12-17(13-23(29)30)11-19(14-21)18-4-1-5-22(15-18)31-10-2-3-16-6-8-20(9-7-16)24(26,27)28/h1-9,11-12,14-15H,10,13H2,(H,29,30). The minimum atomic E-state index is -4.37. The van der Waals surface area contributed by atoms with Gasteiger partial charge >= 0.3 is 12.1 Å². The van der Waals surface area contributed by atoms with Crippen LogP contribution in [0, 0.1) is 5.82 Å². The molecule has 0 fully saturated rings. The van der Waals surface area contributed by atoms with Crippen molar-refractivity contribution >= 4 is 12.0 Å². The number of alkyl halides is 3. The lowest BCUT2D eigenvalue weighted by Gasteiger charge is -2.08. The number of hydrogen-bond acceptors (Lipinski definition) is 2. The molecule has 3 rings (SSSR count). The van der Waals surface area contributed by atoms with Gasteiger partial charge in [0.2, 0.25) is 0 Å². The highest BCUT2D eigenvalue weighted by Gasteiger charge is 2.29. The van der Waals surface area contributed by atoms with Crippen LogP contribution in [0.1, 0.15) is 16.7 Å². The number of carboxylic acids is 1. The molecule has 0 aliphatic carbocycles. The van der Waals surface area contributed by atoms with E-state index in [-0.39, 0.29) is 13.0 Å². The number of carboxylic acid groups (broad SMARTS) is 1. The molecule has 3 aromatic rings. The van der Waals surface area contributed by atoms with Gasteiger partial charge < -0.3 is 9.84 Å². The Morgan fingerprint density at radius 1 is 0.968 bits per heavy atom. The summed E-state index contributed by atoms with van der Waals surface area (Å²) in [5.74, 6) is -1.06. The molecule has 3 aromatic carbocycles. The summed E-state index contributed by atoms with van der Waals surface area (Å²) >= 11 is 0. The number of halogens is 4. The smallest absolute Gasteiger partial charge is 0.416 e. The van der Waals surface area contributed by atoms with E-state index in [0.29, 0.717) is 28.0 Å². The summed E-state index contributed by atoms with van der Waals surface area (Å²) in [7, 11) is 0. The van der Waals surface area contributed by atoms with Crippen LogP contribution in [0.2, 0.25) is 0 Å². The van der Waals surface area contributed by atoms with Crippen molar-refractivity contribution in [1.29, 1.82) is 0 Å². The Labute approximate surface area is 176 Å². The molecule has 0 spiro atoms. The first-order valence-electron chi connectivity index (χ1n) is 9.29. The van der Waals surface area contributed by atoms with Crippen molar-refractivity contribution in [2.24, 2.45) is 0 Å². The third kappa shape index (κ3) is 6.44. The van der Waals surface area contributed by atoms with Crippen LogP contribution in [0.5, 0.6) is 5.75 Å². The number of hydrogen-bond donors (Lipinski definition) is 1. The fourth-order valence-electron chi connectivity index (χ4n) is 2.97. The molecule has 0 radical (unpaired) electrons. The van der Waals surface area contributed by atoms with Crippen LogP contribution in [0.3, 0.4) is 0 Å². The van der Waals surface area contributed by atoms with Crippen LogP contribution in [0.4, 0.5) is 17.6 Å². The SMILES string of the molecule is O=C(O)Cc1cc(F)cc(-c2cccc(OCC=Cc3ccc(C(F)(F)F)cc3)c2)c1. The van der Waals surface area contributed by atoms with Gasteiger partial charge in [-0.3, -0.25) is 4.79 Å². The van der Waals surface area contributed by atoms with Gasteiger partial charge in [-0.05, 0) is 64.7 Å². The Balaban J connectivity index is 1.65. The van der Waals surface area contributed by atoms with Gasteiger partial charge in [0, 0.05) is 0 Å². The molecule has 0 bridgehead atoms. The van der Waals surface area contributed by atoms with Crippen molar-refractivity contribution in [1.82, 2.24) is 0 Å². The molecular formula is C24H18F4O3. The molecule has 0 unspecified atom stereocenters. The maximum atomic E-state index is 13.9. The Hall–Kier alpha value is -3.61. The zero-order valence-electron chi connectivity index (χ0n) is 16.2. The average molecular weight is 430 g/mol. The Bertz CT molecular complexity index is 1090. The summed E-state index contributed by atoms with van der Waals surface area (Å²) in [6.45, 7) is 0.178. The molecular weight excluding hydrogens is 412 g/mol. The van der Waals surface area contributed by atoms with Crippen LogP contribution >= 0.6 is 0 Å². The predicted molar refractivity (Wildman–Crippen MR) is 109 cm³/mol. The van der Waals surface area contributed by atoms with E-state index in [0.717, 1.165) is 12.1 Å². The Kier molecular flexibility index (Phi) is 6.74. The summed E-state index contributed by atoms with van der Waals surface area (Å²) in [5, 5.41) is 8.92. The molecule has 160 valence electrons. The monoisotopic (exact) mass is 430 g/mol. The van der Waals surface area contributed by atoms with Crippen molar-refractivity contribution < 1.29 is 32.2 Å². The lowest BCUT2D eigenvalue weighted by atomic mass is 10.0. The van der Waals surface area contributed by atoms with Gasteiger partial charge in [-0.15, -0.1) is 0 Å². The molecule has 3 nitrogen and oxygen atoms in total. The fourth-order valence-corrected chi connectivity index (χ4v) is 2.97. The molecule has 0 saturated heterocycles. The molecule has 0 amide bonds. The first-order chi connectivity index (χ1) is 14.7. The predicted octanol–water partition coefficient (Wildman–Crippen LogP) is 6.23. The normalized spacial score (nSPS) is 11.6. The van der Waals surface area contributed by atoms with Crippen LogP contribution in [0.25, 0.3) is 17.2 Å². The summed E-state index contributed by atoms with van der Waals surface area (Å²) in [6, 6.07) is 15.8. The number of benzene rings is 3. The number of rotatable bonds is 7. The lowest BCUT2D eigenvalue weighted by Crippen LogP contribution is -2.03. The van der Waals surface area contributed by atoms with Crippen molar-refractivity contribution in [3.63, 3.8) is 0 Å². The maximum Gasteiger partial charge on any atom is 0.416 e. The van der Waals surface area contributed by atoms with Gasteiger partial charge in [-0.1, -0.05) is 36.4 Å². The third-order valence-electron chi connectivity index (χ3n) is 4.37. The van der Waals surface area contributed by atoms with Gasteiger partial charge in [0.25, 0.3) is 0 Å². The summed E-state index contributed by atoms with van der Waals surface area (Å²) in [4.78, 5) is 10.9. The second-order valence-electron chi connectivity index (χ2n) is 6.78. The molecule has 31 heavy (non-hydrogen) atoms. The van der Waals surface area contributed by atoms with Crippen LogP contribution in [-0.2, 0) is 17.4 Å². The summed E-state index contributed by atoms with van der Waals surface area (Å²) in [6.07, 6.45) is -1.33. The molecule has 0 aliphatic rings. The van der Waals surface area contributed by atoms with E-state index in [1.54, 1.807) is 42.5 Å². The van der Waals surface area contributed by atoms with Gasteiger partial charge in [0.15, 0.2) is 0 Å². The average Bonchev–Trinajstić information content (AvgIpc) is 2.70. The number of ether oxygens (including phenoxy) is 1. The van der Waals surface area contributed by atoms with E-state index in [4.69, 9.17) is 9.84 Å². The third-order valence-corrected chi connectivity index (χ3v) is 4.37. The highest BCUT2D eigenvalue weighted by atomic mass is 19.4. The van der Waals surface area contributed by atoms with Gasteiger partial charge in [0.05, 0.1) is 12.0 Å². The Morgan fingerprint density at radius 3 is 2.39 bits per heavy atom. The second-order valence-corrected chi connectivity index (χ2v) is 6.78. The largest absolute Gasteiger partial charge is 0.490 e. The maximum absolute atomic E-state index is 13.9. The lowest BCUT2D eigenvalue weighted by molar-refractivity contribution is -0.138. The molecule has 7 heteroatoms. The first kappa shape index (κ1) is 22.1. The molecule has 0 heterocycles. The Morgan fingerprint density at radius 2 is 1.71 bits per heavy atom. The zero-order chi connectivity index (χ0) is 22.4. The summed E-state index contributed by atoms with van der Waals surface area (Å²) in [5.41, 5.74) is 1.45. The molecule has 0 atom stereocenters. The van der Waals surface area contributed by atoms with Crippen molar-refractivity contribution in [2.45, 2.75) is 12.6 Å². The van der Waals surface area contributed by atoms with E-state index < -0.39 is 23.5 Å². The molecule has 1 N–H and O–H groups in total. The molecule has 0 aromatic heterocycles. The molecule has 0 saturated carbocycles. The minimum absolute atomic E-state index is 0.178. The van der Waals surface area contributed by atoms with Crippen LogP contribution in [-0.4, -0.2) is 17.7 Å². The van der Waals surface area contributed by atoms with E-state index in [2.05, 4.69) is 0 Å². The van der Waals surface area contributed by atoms with E-state index >= 15 is 0 Å². The van der Waals surface area contributed by atoms with E-state index in [9.17, 15) is 22.4 Å². The van der Waals surface area contributed by atoms with Gasteiger partial charge in [-0.25, -0.2) is 4.39 Å².